The number of H-pyrrole nitrogens is 1. The molecule has 3 nitrogen and oxygen atoms in total. The summed E-state index contributed by atoms with van der Waals surface area (Å²) in [5.74, 6) is 0. The van der Waals surface area contributed by atoms with Crippen LogP contribution in [-0.4, -0.2) is 16.5 Å². The van der Waals surface area contributed by atoms with Crippen molar-refractivity contribution in [1.29, 1.82) is 0 Å². The molecule has 0 aliphatic carbocycles. The first-order valence-corrected chi connectivity index (χ1v) is 3.77. The van der Waals surface area contributed by atoms with E-state index in [-0.39, 0.29) is 0 Å². The van der Waals surface area contributed by atoms with Crippen LogP contribution >= 0.6 is 11.6 Å². The van der Waals surface area contributed by atoms with Crippen molar-refractivity contribution < 1.29 is 4.79 Å². The van der Waals surface area contributed by atoms with E-state index in [0.29, 0.717) is 16.1 Å². The van der Waals surface area contributed by atoms with Gasteiger partial charge in [-0.2, -0.15) is 5.10 Å². The summed E-state index contributed by atoms with van der Waals surface area (Å²) >= 11 is 5.84. The summed E-state index contributed by atoms with van der Waals surface area (Å²) in [6.07, 6.45) is 2.37. The number of aromatic nitrogens is 2. The number of fused-ring (bicyclic) bond motifs is 1. The van der Waals surface area contributed by atoms with Crippen molar-refractivity contribution >= 4 is 28.8 Å². The molecular weight excluding hydrogens is 176 g/mol. The van der Waals surface area contributed by atoms with Gasteiger partial charge in [0.15, 0.2) is 6.29 Å². The highest BCUT2D eigenvalue weighted by Crippen LogP contribution is 2.22. The summed E-state index contributed by atoms with van der Waals surface area (Å²) in [5.41, 5.74) is 1.31. The molecule has 0 bridgehead atoms. The lowest BCUT2D eigenvalue weighted by Crippen LogP contribution is -1.80. The third-order valence-corrected chi connectivity index (χ3v) is 2.04. The van der Waals surface area contributed by atoms with Crippen molar-refractivity contribution in [2.45, 2.75) is 0 Å². The summed E-state index contributed by atoms with van der Waals surface area (Å²) < 4.78 is 0. The van der Waals surface area contributed by atoms with Gasteiger partial charge in [0.25, 0.3) is 0 Å². The number of nitrogens with zero attached hydrogens (tertiary/aromatic N) is 1. The number of halogens is 1. The van der Waals surface area contributed by atoms with Crippen molar-refractivity contribution in [3.8, 4) is 0 Å². The molecule has 0 saturated carbocycles. The molecule has 0 radical (unpaired) electrons. The number of hydrogen-bond acceptors (Lipinski definition) is 2. The zero-order chi connectivity index (χ0) is 8.55. The van der Waals surface area contributed by atoms with Crippen molar-refractivity contribution in [2.24, 2.45) is 0 Å². The second-order valence-corrected chi connectivity index (χ2v) is 2.82. The fourth-order valence-electron chi connectivity index (χ4n) is 1.13. The minimum Gasteiger partial charge on any atom is -0.298 e. The summed E-state index contributed by atoms with van der Waals surface area (Å²) in [6.45, 7) is 0. The molecule has 1 aromatic carbocycles. The SMILES string of the molecule is O=Cc1ccc(Cl)c2[nH]ncc12. The Morgan fingerprint density at radius 1 is 1.50 bits per heavy atom. The van der Waals surface area contributed by atoms with Gasteiger partial charge in [0.05, 0.1) is 16.7 Å². The maximum atomic E-state index is 10.5. The van der Waals surface area contributed by atoms with Gasteiger partial charge in [0, 0.05) is 10.9 Å². The van der Waals surface area contributed by atoms with E-state index >= 15 is 0 Å². The maximum Gasteiger partial charge on any atom is 0.150 e. The van der Waals surface area contributed by atoms with Crippen LogP contribution in [0.5, 0.6) is 0 Å². The number of benzene rings is 1. The normalized spacial score (nSPS) is 10.4. The summed E-state index contributed by atoms with van der Waals surface area (Å²) in [5, 5.41) is 7.86. The Kier molecular flexibility index (Phi) is 1.59. The average molecular weight is 181 g/mol. The number of carbonyl (C=O) groups is 1. The maximum absolute atomic E-state index is 10.5. The van der Waals surface area contributed by atoms with Crippen LogP contribution in [0.4, 0.5) is 0 Å². The van der Waals surface area contributed by atoms with Gasteiger partial charge in [-0.15, -0.1) is 0 Å². The Morgan fingerprint density at radius 2 is 2.33 bits per heavy atom. The smallest absolute Gasteiger partial charge is 0.150 e. The van der Waals surface area contributed by atoms with E-state index < -0.39 is 0 Å². The van der Waals surface area contributed by atoms with E-state index in [9.17, 15) is 4.79 Å². The molecular formula is C8H5ClN2O. The van der Waals surface area contributed by atoms with E-state index in [0.717, 1.165) is 11.7 Å². The third-order valence-electron chi connectivity index (χ3n) is 1.73. The molecule has 2 rings (SSSR count). The van der Waals surface area contributed by atoms with Crippen LogP contribution in [0.15, 0.2) is 18.3 Å². The van der Waals surface area contributed by atoms with Gasteiger partial charge >= 0.3 is 0 Å². The van der Waals surface area contributed by atoms with Crippen LogP contribution in [0, 0.1) is 0 Å². The quantitative estimate of drug-likeness (QED) is 0.683. The Hall–Kier alpha value is -1.35. The van der Waals surface area contributed by atoms with Crippen molar-refractivity contribution in [2.75, 3.05) is 0 Å². The zero-order valence-electron chi connectivity index (χ0n) is 6.04. The highest BCUT2D eigenvalue weighted by molar-refractivity contribution is 6.35. The van der Waals surface area contributed by atoms with Crippen LogP contribution in [-0.2, 0) is 0 Å². The van der Waals surface area contributed by atoms with Crippen LogP contribution in [0.2, 0.25) is 5.02 Å². The third kappa shape index (κ3) is 0.905. The van der Waals surface area contributed by atoms with Crippen LogP contribution < -0.4 is 0 Å². The standard InChI is InChI=1S/C8H5ClN2O/c9-7-2-1-5(4-12)6-3-10-11-8(6)7/h1-4H,(H,10,11). The van der Waals surface area contributed by atoms with Gasteiger partial charge in [-0.3, -0.25) is 9.89 Å². The highest BCUT2D eigenvalue weighted by atomic mass is 35.5. The zero-order valence-corrected chi connectivity index (χ0v) is 6.80. The van der Waals surface area contributed by atoms with Crippen LogP contribution in [0.3, 0.4) is 0 Å². The molecule has 0 unspecified atom stereocenters. The minimum atomic E-state index is 0.577. The van der Waals surface area contributed by atoms with Crippen molar-refractivity contribution in [3.63, 3.8) is 0 Å². The first-order valence-electron chi connectivity index (χ1n) is 3.39. The van der Waals surface area contributed by atoms with Crippen molar-refractivity contribution in [1.82, 2.24) is 10.2 Å². The molecule has 0 fully saturated rings. The van der Waals surface area contributed by atoms with E-state index in [2.05, 4.69) is 10.2 Å². The van der Waals surface area contributed by atoms with Crippen LogP contribution in [0.1, 0.15) is 10.4 Å². The number of nitrogens with one attached hydrogen (secondary N) is 1. The predicted molar refractivity (Wildman–Crippen MR) is 46.5 cm³/mol. The molecule has 1 heterocycles. The van der Waals surface area contributed by atoms with E-state index in [1.165, 1.54) is 0 Å². The Bertz CT molecular complexity index is 436. The molecule has 2 aromatic rings. The van der Waals surface area contributed by atoms with E-state index in [1.54, 1.807) is 18.3 Å². The summed E-state index contributed by atoms with van der Waals surface area (Å²) in [7, 11) is 0. The Balaban J connectivity index is 2.91. The summed E-state index contributed by atoms with van der Waals surface area (Å²) in [6, 6.07) is 3.35. The molecule has 1 aromatic heterocycles. The largest absolute Gasteiger partial charge is 0.298 e. The lowest BCUT2D eigenvalue weighted by atomic mass is 10.1. The molecule has 4 heteroatoms. The first kappa shape index (κ1) is 7.31. The van der Waals surface area contributed by atoms with Gasteiger partial charge in [0.1, 0.15) is 0 Å². The number of hydrogen-bond donors (Lipinski definition) is 1. The van der Waals surface area contributed by atoms with Gasteiger partial charge in [-0.1, -0.05) is 11.6 Å². The second-order valence-electron chi connectivity index (χ2n) is 2.41. The highest BCUT2D eigenvalue weighted by Gasteiger charge is 2.04. The second kappa shape index (κ2) is 2.60. The van der Waals surface area contributed by atoms with Crippen LogP contribution in [0.25, 0.3) is 10.9 Å². The molecule has 0 atom stereocenters. The molecule has 1 N–H and O–H groups in total. The lowest BCUT2D eigenvalue weighted by molar-refractivity contribution is 0.112. The first-order chi connectivity index (χ1) is 5.83. The van der Waals surface area contributed by atoms with Gasteiger partial charge < -0.3 is 0 Å². The fraction of sp³-hybridized carbons (Fsp3) is 0. The van der Waals surface area contributed by atoms with E-state index in [4.69, 9.17) is 11.6 Å². The fourth-order valence-corrected chi connectivity index (χ4v) is 1.33. The average Bonchev–Trinajstić information content (AvgIpc) is 2.54. The summed E-state index contributed by atoms with van der Waals surface area (Å²) in [4.78, 5) is 10.5. The van der Waals surface area contributed by atoms with Gasteiger partial charge in [0.2, 0.25) is 0 Å². The Morgan fingerprint density at radius 3 is 3.08 bits per heavy atom. The molecule has 0 aliphatic heterocycles. The van der Waals surface area contributed by atoms with E-state index in [1.807, 2.05) is 0 Å². The van der Waals surface area contributed by atoms with Gasteiger partial charge in [-0.25, -0.2) is 0 Å². The molecule has 0 saturated heterocycles. The number of carbonyl (C=O) groups excluding carboxylic acids is 1. The number of rotatable bonds is 1. The number of aromatic amines is 1. The molecule has 0 amide bonds. The minimum absolute atomic E-state index is 0.577. The van der Waals surface area contributed by atoms with Crippen molar-refractivity contribution in [3.05, 3.63) is 28.9 Å². The topological polar surface area (TPSA) is 45.8 Å². The Labute approximate surface area is 73.3 Å². The van der Waals surface area contributed by atoms with Gasteiger partial charge in [-0.05, 0) is 12.1 Å². The molecule has 12 heavy (non-hydrogen) atoms. The lowest BCUT2D eigenvalue weighted by Gasteiger charge is -1.94. The number of aldehydes is 1. The molecule has 60 valence electrons. The molecule has 0 aliphatic rings. The predicted octanol–water partition coefficient (Wildman–Crippen LogP) is 2.03. The monoisotopic (exact) mass is 180 g/mol. The molecule has 0 spiro atoms.